The van der Waals surface area contributed by atoms with E-state index in [-0.39, 0.29) is 35.5 Å². The van der Waals surface area contributed by atoms with Crippen molar-refractivity contribution in [2.24, 2.45) is 5.92 Å². The Bertz CT molecular complexity index is 1320. The molecule has 1 unspecified atom stereocenters. The summed E-state index contributed by atoms with van der Waals surface area (Å²) in [6.07, 6.45) is 6.16. The molecule has 6 heteroatoms. The third-order valence-electron chi connectivity index (χ3n) is 6.60. The summed E-state index contributed by atoms with van der Waals surface area (Å²) in [5.41, 5.74) is 5.97. The van der Waals surface area contributed by atoms with E-state index in [1.807, 2.05) is 67.6 Å². The van der Waals surface area contributed by atoms with Crippen LogP contribution in [0.5, 0.6) is 5.75 Å². The summed E-state index contributed by atoms with van der Waals surface area (Å²) in [5, 5.41) is 10.9. The third kappa shape index (κ3) is 6.42. The molecule has 3 aromatic carbocycles. The first kappa shape index (κ1) is 26.9. The fourth-order valence-electron chi connectivity index (χ4n) is 4.79. The van der Waals surface area contributed by atoms with Crippen molar-refractivity contribution < 1.29 is 48.6 Å². The summed E-state index contributed by atoms with van der Waals surface area (Å²) in [6.45, 7) is 1.45. The number of allylic oxidation sites excluding steroid dienone is 2. The predicted octanol–water partition coefficient (Wildman–Crippen LogP) is 2.88. The second-order valence-electron chi connectivity index (χ2n) is 9.18. The van der Waals surface area contributed by atoms with Gasteiger partial charge in [0, 0.05) is 16.7 Å². The summed E-state index contributed by atoms with van der Waals surface area (Å²) >= 11 is 0. The largest absolute Gasteiger partial charge is 1.00 e. The molecular formula is C31H28NNaO4. The molecule has 182 valence electrons. The first-order valence-corrected chi connectivity index (χ1v) is 12.3. The Balaban J connectivity index is 0.00000320. The topological polar surface area (TPSA) is 75.4 Å². The molecule has 5 rings (SSSR count). The normalized spacial score (nSPS) is 14.9. The second kappa shape index (κ2) is 12.4. The van der Waals surface area contributed by atoms with E-state index in [1.54, 1.807) is 0 Å². The van der Waals surface area contributed by atoms with E-state index >= 15 is 0 Å². The van der Waals surface area contributed by atoms with Crippen LogP contribution in [0.15, 0.2) is 89.4 Å². The zero-order valence-corrected chi connectivity index (χ0v) is 23.3. The van der Waals surface area contributed by atoms with Crippen molar-refractivity contribution in [3.8, 4) is 28.3 Å². The standard InChI is InChI=1S/C31H29NO4.Na/c1-21-16-17-22(19-27(21)35-20-28(33)34)18-25-14-8-9-15-26(25)31-32-29(23-10-4-2-5-11-23)30(36-31)24-12-6-3-7-13-24;/h2-7,10-13,15-17,19,25H,8-9,14,18,20H2,1H3,(H,33,34);/q;+1/p-1. The van der Waals surface area contributed by atoms with Gasteiger partial charge in [-0.15, -0.1) is 0 Å². The van der Waals surface area contributed by atoms with Crippen molar-refractivity contribution >= 4 is 11.5 Å². The van der Waals surface area contributed by atoms with Crippen LogP contribution < -0.4 is 39.4 Å². The number of hydrogen-bond donors (Lipinski definition) is 0. The first-order valence-electron chi connectivity index (χ1n) is 12.3. The van der Waals surface area contributed by atoms with Gasteiger partial charge in [-0.1, -0.05) is 78.9 Å². The molecule has 0 radical (unpaired) electrons. The quantitative estimate of drug-likeness (QED) is 0.347. The maximum absolute atomic E-state index is 10.9. The van der Waals surface area contributed by atoms with E-state index in [4.69, 9.17) is 14.1 Å². The fraction of sp³-hybridized carbons (Fsp3) is 0.226. The minimum Gasteiger partial charge on any atom is -0.546 e. The average Bonchev–Trinajstić information content (AvgIpc) is 3.36. The molecule has 4 aromatic rings. The van der Waals surface area contributed by atoms with Crippen molar-refractivity contribution in [3.63, 3.8) is 0 Å². The van der Waals surface area contributed by atoms with Crippen molar-refractivity contribution in [2.75, 3.05) is 6.61 Å². The van der Waals surface area contributed by atoms with Crippen LogP contribution in [0.3, 0.4) is 0 Å². The molecule has 0 aliphatic heterocycles. The van der Waals surface area contributed by atoms with Crippen LogP contribution >= 0.6 is 0 Å². The van der Waals surface area contributed by atoms with Gasteiger partial charge in [0.15, 0.2) is 5.76 Å². The summed E-state index contributed by atoms with van der Waals surface area (Å²) in [4.78, 5) is 15.9. The van der Waals surface area contributed by atoms with Gasteiger partial charge in [-0.3, -0.25) is 0 Å². The molecule has 0 fully saturated rings. The fourth-order valence-corrected chi connectivity index (χ4v) is 4.79. The van der Waals surface area contributed by atoms with Gasteiger partial charge < -0.3 is 19.1 Å². The Kier molecular flexibility index (Phi) is 9.04. The second-order valence-corrected chi connectivity index (χ2v) is 9.18. The predicted molar refractivity (Wildman–Crippen MR) is 138 cm³/mol. The van der Waals surface area contributed by atoms with Crippen molar-refractivity contribution in [1.29, 1.82) is 0 Å². The number of carbonyl (C=O) groups excluding carboxylic acids is 1. The molecule has 0 bridgehead atoms. The van der Waals surface area contributed by atoms with Gasteiger partial charge in [0.1, 0.15) is 18.1 Å². The smallest absolute Gasteiger partial charge is 0.546 e. The van der Waals surface area contributed by atoms with Gasteiger partial charge in [-0.25, -0.2) is 4.98 Å². The van der Waals surface area contributed by atoms with E-state index in [9.17, 15) is 9.90 Å². The molecule has 1 atom stereocenters. The zero-order valence-electron chi connectivity index (χ0n) is 21.3. The van der Waals surface area contributed by atoms with E-state index in [0.717, 1.165) is 65.0 Å². The Hall–Kier alpha value is -3.12. The number of rotatable bonds is 8. The van der Waals surface area contributed by atoms with Gasteiger partial charge in [0.25, 0.3) is 0 Å². The maximum Gasteiger partial charge on any atom is 1.00 e. The van der Waals surface area contributed by atoms with Crippen LogP contribution in [0, 0.1) is 12.8 Å². The van der Waals surface area contributed by atoms with E-state index < -0.39 is 12.6 Å². The molecule has 1 aliphatic carbocycles. The van der Waals surface area contributed by atoms with Gasteiger partial charge in [-0.05, 0) is 55.7 Å². The number of hydrogen-bond acceptors (Lipinski definition) is 5. The number of oxazole rings is 1. The molecule has 37 heavy (non-hydrogen) atoms. The number of nitrogens with zero attached hydrogens (tertiary/aromatic N) is 1. The Morgan fingerprint density at radius 3 is 2.43 bits per heavy atom. The zero-order chi connectivity index (χ0) is 24.9. The molecule has 1 heterocycles. The number of aromatic nitrogens is 1. The molecule has 1 aliphatic rings. The molecule has 0 amide bonds. The monoisotopic (exact) mass is 501 g/mol. The minimum atomic E-state index is -1.23. The van der Waals surface area contributed by atoms with Crippen LogP contribution in [0.25, 0.3) is 28.2 Å². The van der Waals surface area contributed by atoms with Crippen LogP contribution in [0.4, 0.5) is 0 Å². The Morgan fingerprint density at radius 1 is 1.03 bits per heavy atom. The number of ether oxygens (including phenoxy) is 1. The summed E-state index contributed by atoms with van der Waals surface area (Å²) < 4.78 is 11.9. The Labute approximate surface area is 239 Å². The molecule has 1 aromatic heterocycles. The van der Waals surface area contributed by atoms with Crippen molar-refractivity contribution in [1.82, 2.24) is 4.98 Å². The van der Waals surface area contributed by atoms with Gasteiger partial charge in [0.2, 0.25) is 5.89 Å². The van der Waals surface area contributed by atoms with Crippen LogP contribution in [0.2, 0.25) is 0 Å². The minimum absolute atomic E-state index is 0. The van der Waals surface area contributed by atoms with Crippen molar-refractivity contribution in [3.05, 3.63) is 102 Å². The molecule has 0 saturated heterocycles. The van der Waals surface area contributed by atoms with E-state index in [0.29, 0.717) is 11.6 Å². The number of carboxylic acids is 1. The van der Waals surface area contributed by atoms with E-state index in [1.165, 1.54) is 0 Å². The van der Waals surface area contributed by atoms with Gasteiger partial charge in [-0.2, -0.15) is 0 Å². The van der Waals surface area contributed by atoms with Crippen molar-refractivity contribution in [2.45, 2.75) is 32.6 Å². The SMILES string of the molecule is Cc1ccc(CC2CCCC=C2c2nc(-c3ccccc3)c(-c3ccccc3)o2)cc1OCC(=O)[O-].[Na+]. The Morgan fingerprint density at radius 2 is 1.73 bits per heavy atom. The summed E-state index contributed by atoms with van der Waals surface area (Å²) in [6, 6.07) is 26.2. The summed E-state index contributed by atoms with van der Waals surface area (Å²) in [7, 11) is 0. The molecule has 5 nitrogen and oxygen atoms in total. The molecule has 0 N–H and O–H groups in total. The number of carboxylic acid groups (broad SMARTS) is 1. The summed E-state index contributed by atoms with van der Waals surface area (Å²) in [5.74, 6) is 1.02. The third-order valence-corrected chi connectivity index (χ3v) is 6.60. The number of aryl methyl sites for hydroxylation is 1. The first-order chi connectivity index (χ1) is 17.6. The van der Waals surface area contributed by atoms with E-state index in [2.05, 4.69) is 24.3 Å². The number of carbonyl (C=O) groups is 1. The maximum atomic E-state index is 10.9. The number of benzene rings is 3. The van der Waals surface area contributed by atoms with Crippen LogP contribution in [-0.4, -0.2) is 17.6 Å². The van der Waals surface area contributed by atoms with Crippen LogP contribution in [0.1, 0.15) is 36.3 Å². The molecule has 0 spiro atoms. The van der Waals surface area contributed by atoms with Gasteiger partial charge in [0.05, 0.1) is 5.97 Å². The van der Waals surface area contributed by atoms with Crippen LogP contribution in [-0.2, 0) is 11.2 Å². The average molecular weight is 502 g/mol. The molecular weight excluding hydrogens is 473 g/mol. The number of aliphatic carboxylic acids is 1. The molecule has 0 saturated carbocycles. The van der Waals surface area contributed by atoms with Gasteiger partial charge >= 0.3 is 29.6 Å².